The van der Waals surface area contributed by atoms with Crippen molar-refractivity contribution in [3.05, 3.63) is 72.9 Å². The third kappa shape index (κ3) is 3.90. The van der Waals surface area contributed by atoms with E-state index >= 15 is 0 Å². The Hall–Kier alpha value is -3.77. The molecule has 2 aliphatic rings. The zero-order valence-electron chi connectivity index (χ0n) is 19.5. The third-order valence-electron chi connectivity index (χ3n) is 6.85. The van der Waals surface area contributed by atoms with Crippen LogP contribution in [-0.2, 0) is 0 Å². The molecule has 6 nitrogen and oxygen atoms in total. The summed E-state index contributed by atoms with van der Waals surface area (Å²) in [5, 5.41) is 4.68. The van der Waals surface area contributed by atoms with Gasteiger partial charge in [0.1, 0.15) is 0 Å². The second-order valence-electron chi connectivity index (χ2n) is 9.18. The van der Waals surface area contributed by atoms with E-state index in [0.717, 1.165) is 58.0 Å². The van der Waals surface area contributed by atoms with Gasteiger partial charge in [-0.25, -0.2) is 0 Å². The number of ether oxygens (including phenoxy) is 2. The second kappa shape index (κ2) is 8.54. The summed E-state index contributed by atoms with van der Waals surface area (Å²) >= 11 is 0. The maximum atomic E-state index is 5.56. The number of nitrogens with zero attached hydrogens (tertiary/aromatic N) is 3. The summed E-state index contributed by atoms with van der Waals surface area (Å²) in [5.41, 5.74) is 6.54. The number of fused-ring (bicyclic) bond motifs is 2. The summed E-state index contributed by atoms with van der Waals surface area (Å²) in [5.74, 6) is 1.58. The Labute approximate surface area is 199 Å². The Kier molecular flexibility index (Phi) is 5.23. The van der Waals surface area contributed by atoms with Crippen molar-refractivity contribution in [1.29, 1.82) is 0 Å². The molecule has 0 spiro atoms. The fourth-order valence-corrected chi connectivity index (χ4v) is 4.82. The van der Waals surface area contributed by atoms with Crippen LogP contribution < -0.4 is 19.7 Å². The van der Waals surface area contributed by atoms with Crippen LogP contribution in [0.25, 0.3) is 22.0 Å². The van der Waals surface area contributed by atoms with Gasteiger partial charge in [0.2, 0.25) is 6.79 Å². The Morgan fingerprint density at radius 3 is 2.53 bits per heavy atom. The molecule has 6 rings (SSSR count). The molecule has 0 aliphatic carbocycles. The normalized spacial score (nSPS) is 17.0. The lowest BCUT2D eigenvalue weighted by molar-refractivity contribution is 0.174. The standard InChI is InChI=1S/C28H28N4O2/c1-31(2)23-12-14-32(17-23)22-7-5-21(6-8-22)30-26-11-13-29-25-9-3-19(15-24(25)26)20-4-10-27-28(16-20)34-18-33-27/h3-11,13,15-16,23H,12,14,17-18H2,1-2H3,(H,29,30). The van der Waals surface area contributed by atoms with Crippen LogP contribution in [0.1, 0.15) is 6.42 Å². The first-order valence-electron chi connectivity index (χ1n) is 11.7. The Morgan fingerprint density at radius 1 is 0.912 bits per heavy atom. The van der Waals surface area contributed by atoms with Gasteiger partial charge in [-0.05, 0) is 86.2 Å². The summed E-state index contributed by atoms with van der Waals surface area (Å²) in [6.45, 7) is 2.46. The minimum absolute atomic E-state index is 0.279. The smallest absolute Gasteiger partial charge is 0.231 e. The van der Waals surface area contributed by atoms with Crippen LogP contribution in [0.2, 0.25) is 0 Å². The van der Waals surface area contributed by atoms with Gasteiger partial charge in [0.25, 0.3) is 0 Å². The maximum absolute atomic E-state index is 5.56. The largest absolute Gasteiger partial charge is 0.454 e. The molecular formula is C28H28N4O2. The number of benzene rings is 3. The number of rotatable bonds is 5. The van der Waals surface area contributed by atoms with E-state index in [-0.39, 0.29) is 6.79 Å². The van der Waals surface area contributed by atoms with Crippen LogP contribution in [0.3, 0.4) is 0 Å². The van der Waals surface area contributed by atoms with Crippen molar-refractivity contribution in [2.45, 2.75) is 12.5 Å². The molecule has 0 bridgehead atoms. The van der Waals surface area contributed by atoms with Crippen LogP contribution >= 0.6 is 0 Å². The van der Waals surface area contributed by atoms with Gasteiger partial charge in [0.05, 0.1) is 5.52 Å². The van der Waals surface area contributed by atoms with Gasteiger partial charge in [0, 0.05) is 47.8 Å². The second-order valence-corrected chi connectivity index (χ2v) is 9.18. The van der Waals surface area contributed by atoms with Crippen molar-refractivity contribution in [2.75, 3.05) is 44.2 Å². The van der Waals surface area contributed by atoms with Crippen LogP contribution in [0.4, 0.5) is 17.1 Å². The van der Waals surface area contributed by atoms with Crippen molar-refractivity contribution in [1.82, 2.24) is 9.88 Å². The Bertz CT molecular complexity index is 1340. The number of anilines is 3. The van der Waals surface area contributed by atoms with E-state index in [1.54, 1.807) is 0 Å². The van der Waals surface area contributed by atoms with Gasteiger partial charge < -0.3 is 24.6 Å². The van der Waals surface area contributed by atoms with Gasteiger partial charge in [-0.1, -0.05) is 12.1 Å². The highest BCUT2D eigenvalue weighted by molar-refractivity contribution is 5.95. The highest BCUT2D eigenvalue weighted by Gasteiger charge is 2.24. The van der Waals surface area contributed by atoms with Crippen molar-refractivity contribution in [3.63, 3.8) is 0 Å². The van der Waals surface area contributed by atoms with E-state index < -0.39 is 0 Å². The van der Waals surface area contributed by atoms with Gasteiger partial charge >= 0.3 is 0 Å². The lowest BCUT2D eigenvalue weighted by Gasteiger charge is -2.22. The quantitative estimate of drug-likeness (QED) is 0.431. The van der Waals surface area contributed by atoms with Gasteiger partial charge in [-0.3, -0.25) is 4.98 Å². The average molecular weight is 453 g/mol. The molecule has 172 valence electrons. The van der Waals surface area contributed by atoms with Crippen molar-refractivity contribution < 1.29 is 9.47 Å². The lowest BCUT2D eigenvalue weighted by Crippen LogP contribution is -2.31. The van der Waals surface area contributed by atoms with Crippen LogP contribution in [-0.4, -0.2) is 49.9 Å². The van der Waals surface area contributed by atoms with Gasteiger partial charge in [0.15, 0.2) is 11.5 Å². The first-order chi connectivity index (χ1) is 16.6. The number of hydrogen-bond donors (Lipinski definition) is 1. The number of likely N-dealkylation sites (N-methyl/N-ethyl adjacent to an activating group) is 1. The number of pyridine rings is 1. The highest BCUT2D eigenvalue weighted by Crippen LogP contribution is 2.37. The summed E-state index contributed by atoms with van der Waals surface area (Å²) in [6, 6.07) is 23.8. The zero-order chi connectivity index (χ0) is 23.1. The molecule has 4 aromatic rings. The minimum atomic E-state index is 0.279. The monoisotopic (exact) mass is 452 g/mol. The predicted molar refractivity (Wildman–Crippen MR) is 137 cm³/mol. The molecule has 1 unspecified atom stereocenters. The molecule has 0 amide bonds. The van der Waals surface area contributed by atoms with Crippen LogP contribution in [0.5, 0.6) is 11.5 Å². The molecule has 0 radical (unpaired) electrons. The molecule has 1 N–H and O–H groups in total. The number of hydrogen-bond acceptors (Lipinski definition) is 6. The van der Waals surface area contributed by atoms with E-state index in [1.807, 2.05) is 24.4 Å². The first kappa shape index (κ1) is 20.8. The van der Waals surface area contributed by atoms with Crippen LogP contribution in [0.15, 0.2) is 72.9 Å². The van der Waals surface area contributed by atoms with Crippen molar-refractivity contribution >= 4 is 28.0 Å². The fourth-order valence-electron chi connectivity index (χ4n) is 4.82. The molecule has 3 heterocycles. The Morgan fingerprint density at radius 2 is 1.71 bits per heavy atom. The molecular weight excluding hydrogens is 424 g/mol. The first-order valence-corrected chi connectivity index (χ1v) is 11.7. The van der Waals surface area contributed by atoms with E-state index in [1.165, 1.54) is 12.1 Å². The molecule has 1 saturated heterocycles. The Balaban J connectivity index is 1.26. The van der Waals surface area contributed by atoms with E-state index in [0.29, 0.717) is 6.04 Å². The number of nitrogens with one attached hydrogen (secondary N) is 1. The topological polar surface area (TPSA) is 49.9 Å². The van der Waals surface area contributed by atoms with Crippen LogP contribution in [0, 0.1) is 0 Å². The van der Waals surface area contributed by atoms with Gasteiger partial charge in [-0.15, -0.1) is 0 Å². The number of aromatic nitrogens is 1. The summed E-state index contributed by atoms with van der Waals surface area (Å²) in [7, 11) is 4.33. The van der Waals surface area contributed by atoms with E-state index in [9.17, 15) is 0 Å². The maximum Gasteiger partial charge on any atom is 0.231 e. The van der Waals surface area contributed by atoms with E-state index in [2.05, 4.69) is 82.7 Å². The highest BCUT2D eigenvalue weighted by atomic mass is 16.7. The van der Waals surface area contributed by atoms with Gasteiger partial charge in [-0.2, -0.15) is 0 Å². The average Bonchev–Trinajstić information content (AvgIpc) is 3.54. The molecule has 0 saturated carbocycles. The summed E-state index contributed by atoms with van der Waals surface area (Å²) in [6.07, 6.45) is 3.06. The predicted octanol–water partition coefficient (Wildman–Crippen LogP) is 5.51. The molecule has 6 heteroatoms. The SMILES string of the molecule is CN(C)C1CCN(c2ccc(Nc3ccnc4ccc(-c5ccc6c(c5)OCO6)cc34)cc2)C1. The summed E-state index contributed by atoms with van der Waals surface area (Å²) < 4.78 is 11.0. The molecule has 1 fully saturated rings. The zero-order valence-corrected chi connectivity index (χ0v) is 19.5. The lowest BCUT2D eigenvalue weighted by atomic mass is 10.0. The summed E-state index contributed by atoms with van der Waals surface area (Å²) in [4.78, 5) is 9.36. The molecule has 34 heavy (non-hydrogen) atoms. The third-order valence-corrected chi connectivity index (χ3v) is 6.85. The minimum Gasteiger partial charge on any atom is -0.454 e. The molecule has 3 aromatic carbocycles. The molecule has 1 atom stereocenters. The van der Waals surface area contributed by atoms with Crippen molar-refractivity contribution in [2.24, 2.45) is 0 Å². The molecule has 2 aliphatic heterocycles. The molecule has 1 aromatic heterocycles. The van der Waals surface area contributed by atoms with Crippen molar-refractivity contribution in [3.8, 4) is 22.6 Å². The van der Waals surface area contributed by atoms with E-state index in [4.69, 9.17) is 9.47 Å². The fraction of sp³-hybridized carbons (Fsp3) is 0.250.